The van der Waals surface area contributed by atoms with Gasteiger partial charge in [0.1, 0.15) is 8.07 Å². The second kappa shape index (κ2) is 13.5. The lowest BCUT2D eigenvalue weighted by molar-refractivity contribution is 1.18. The maximum atomic E-state index is 5.51. The number of para-hydroxylation sites is 2. The van der Waals surface area contributed by atoms with Crippen LogP contribution in [0.2, 0.25) is 13.1 Å². The fourth-order valence-corrected chi connectivity index (χ4v) is 12.5. The van der Waals surface area contributed by atoms with E-state index in [4.69, 9.17) is 9.97 Å². The second-order valence-corrected chi connectivity index (χ2v) is 20.1. The van der Waals surface area contributed by atoms with E-state index in [0.29, 0.717) is 0 Å². The lowest BCUT2D eigenvalue weighted by Crippen LogP contribution is -2.50. The summed E-state index contributed by atoms with van der Waals surface area (Å²) in [5, 5.41) is 5.24. The molecule has 0 saturated heterocycles. The van der Waals surface area contributed by atoms with Gasteiger partial charge in [0.15, 0.2) is 5.82 Å². The van der Waals surface area contributed by atoms with Crippen LogP contribution >= 0.6 is 0 Å². The molecule has 0 atom stereocenters. The third-order valence-electron chi connectivity index (χ3n) is 12.0. The van der Waals surface area contributed by atoms with Gasteiger partial charge in [-0.2, -0.15) is 0 Å². The fraction of sp³-hybridized carbons (Fsp3) is 0.0370. The Hall–Kier alpha value is -7.14. The molecule has 1 aliphatic heterocycles. The molecule has 0 amide bonds. The molecule has 2 aromatic heterocycles. The zero-order chi connectivity index (χ0) is 38.8. The molecule has 10 aromatic rings. The van der Waals surface area contributed by atoms with Gasteiger partial charge in [0, 0.05) is 27.6 Å². The molecule has 0 saturated carbocycles. The van der Waals surface area contributed by atoms with Crippen LogP contribution in [0.15, 0.2) is 200 Å². The molecule has 0 radical (unpaired) electrons. The molecule has 1 aliphatic rings. The van der Waals surface area contributed by atoms with Crippen molar-refractivity contribution in [2.75, 3.05) is 0 Å². The van der Waals surface area contributed by atoms with Gasteiger partial charge in [0.2, 0.25) is 0 Å². The van der Waals surface area contributed by atoms with Crippen LogP contribution in [0.4, 0.5) is 0 Å². The van der Waals surface area contributed by atoms with Crippen molar-refractivity contribution >= 4 is 40.3 Å². The van der Waals surface area contributed by atoms with Crippen LogP contribution in [0.25, 0.3) is 94.8 Å². The minimum atomic E-state index is -2.11. The molecule has 3 heterocycles. The Bertz CT molecular complexity index is 3200. The van der Waals surface area contributed by atoms with E-state index >= 15 is 0 Å². The topological polar surface area (TPSA) is 30.7 Å². The third-order valence-corrected chi connectivity index (χ3v) is 15.5. The summed E-state index contributed by atoms with van der Waals surface area (Å²) in [5.74, 6) is 0.747. The van der Waals surface area contributed by atoms with E-state index in [9.17, 15) is 0 Å². The van der Waals surface area contributed by atoms with Crippen molar-refractivity contribution in [3.05, 3.63) is 200 Å². The van der Waals surface area contributed by atoms with E-state index in [1.54, 1.807) is 0 Å². The molecule has 0 unspecified atom stereocenters. The molecule has 0 fully saturated rings. The SMILES string of the molecule is C[Si]1(C)c2ccccc2-c2nc(-c3cccc(-c4cccc(-c5cccc6c5c5ccccc5n6-c5ccccc5)c4)c3)nc(-c3cccc(-c4ccccc4)c3)c21. The second-order valence-electron chi connectivity index (χ2n) is 15.8. The number of rotatable bonds is 6. The van der Waals surface area contributed by atoms with Gasteiger partial charge in [-0.25, -0.2) is 9.97 Å². The van der Waals surface area contributed by atoms with E-state index in [1.807, 2.05) is 0 Å². The van der Waals surface area contributed by atoms with E-state index < -0.39 is 8.07 Å². The summed E-state index contributed by atoms with van der Waals surface area (Å²) in [6.45, 7) is 4.89. The number of hydrogen-bond acceptors (Lipinski definition) is 2. The first kappa shape index (κ1) is 34.1. The first-order chi connectivity index (χ1) is 28.5. The highest BCUT2D eigenvalue weighted by Crippen LogP contribution is 2.40. The zero-order valence-corrected chi connectivity index (χ0v) is 33.4. The van der Waals surface area contributed by atoms with Crippen molar-refractivity contribution in [3.63, 3.8) is 0 Å². The predicted molar refractivity (Wildman–Crippen MR) is 246 cm³/mol. The Morgan fingerprint density at radius 2 is 0.914 bits per heavy atom. The maximum absolute atomic E-state index is 5.51. The summed E-state index contributed by atoms with van der Waals surface area (Å²) >= 11 is 0. The highest BCUT2D eigenvalue weighted by atomic mass is 28.3. The molecular weight excluding hydrogens is 719 g/mol. The quantitative estimate of drug-likeness (QED) is 0.158. The monoisotopic (exact) mass is 757 g/mol. The average molecular weight is 758 g/mol. The molecule has 58 heavy (non-hydrogen) atoms. The van der Waals surface area contributed by atoms with Gasteiger partial charge in [-0.15, -0.1) is 0 Å². The summed E-state index contributed by atoms with van der Waals surface area (Å²) in [6.07, 6.45) is 0. The molecule has 4 heteroatoms. The van der Waals surface area contributed by atoms with Crippen LogP contribution in [0.3, 0.4) is 0 Å². The van der Waals surface area contributed by atoms with Gasteiger partial charge in [0.05, 0.1) is 22.4 Å². The fourth-order valence-electron chi connectivity index (χ4n) is 9.25. The van der Waals surface area contributed by atoms with Crippen molar-refractivity contribution in [1.29, 1.82) is 0 Å². The van der Waals surface area contributed by atoms with Crippen LogP contribution in [0.5, 0.6) is 0 Å². The van der Waals surface area contributed by atoms with Crippen molar-refractivity contribution in [3.8, 4) is 73.0 Å². The van der Waals surface area contributed by atoms with Crippen molar-refractivity contribution < 1.29 is 0 Å². The smallest absolute Gasteiger partial charge is 0.160 e. The van der Waals surface area contributed by atoms with Crippen LogP contribution in [-0.2, 0) is 0 Å². The molecule has 0 bridgehead atoms. The lowest BCUT2D eigenvalue weighted by atomic mass is 9.95. The highest BCUT2D eigenvalue weighted by molar-refractivity contribution is 7.04. The average Bonchev–Trinajstić information content (AvgIpc) is 3.75. The number of nitrogens with zero attached hydrogens (tertiary/aromatic N) is 3. The largest absolute Gasteiger partial charge is 0.309 e. The lowest BCUT2D eigenvalue weighted by Gasteiger charge is -2.22. The minimum Gasteiger partial charge on any atom is -0.309 e. The van der Waals surface area contributed by atoms with Crippen LogP contribution in [0, 0.1) is 0 Å². The van der Waals surface area contributed by atoms with E-state index in [0.717, 1.165) is 45.2 Å². The van der Waals surface area contributed by atoms with Crippen molar-refractivity contribution in [1.82, 2.24) is 14.5 Å². The Morgan fingerprint density at radius 3 is 1.71 bits per heavy atom. The van der Waals surface area contributed by atoms with Crippen LogP contribution < -0.4 is 10.4 Å². The normalized spacial score (nSPS) is 12.8. The zero-order valence-electron chi connectivity index (χ0n) is 32.4. The third kappa shape index (κ3) is 5.48. The van der Waals surface area contributed by atoms with Crippen LogP contribution in [-0.4, -0.2) is 22.6 Å². The van der Waals surface area contributed by atoms with Crippen molar-refractivity contribution in [2.45, 2.75) is 13.1 Å². The number of benzene rings is 8. The highest BCUT2D eigenvalue weighted by Gasteiger charge is 2.41. The Kier molecular flexibility index (Phi) is 7.95. The molecule has 0 aliphatic carbocycles. The van der Waals surface area contributed by atoms with Crippen LogP contribution in [0.1, 0.15) is 0 Å². The molecule has 274 valence electrons. The molecule has 0 N–H and O–H groups in total. The summed E-state index contributed by atoms with van der Waals surface area (Å²) < 4.78 is 2.38. The van der Waals surface area contributed by atoms with Gasteiger partial charge in [0.25, 0.3) is 0 Å². The Morgan fingerprint density at radius 1 is 0.397 bits per heavy atom. The van der Waals surface area contributed by atoms with Gasteiger partial charge >= 0.3 is 0 Å². The van der Waals surface area contributed by atoms with E-state index in [1.165, 1.54) is 60.0 Å². The predicted octanol–water partition coefficient (Wildman–Crippen LogP) is 12.7. The summed E-state index contributed by atoms with van der Waals surface area (Å²) in [5.41, 5.74) is 16.1. The molecule has 8 aromatic carbocycles. The molecule has 3 nitrogen and oxygen atoms in total. The first-order valence-electron chi connectivity index (χ1n) is 20.0. The maximum Gasteiger partial charge on any atom is 0.160 e. The Balaban J connectivity index is 1.05. The van der Waals surface area contributed by atoms with Gasteiger partial charge < -0.3 is 4.57 Å². The molecular formula is C54H39N3Si. The van der Waals surface area contributed by atoms with Gasteiger partial charge in [-0.1, -0.05) is 171 Å². The molecule has 0 spiro atoms. The summed E-state index contributed by atoms with van der Waals surface area (Å²) in [4.78, 5) is 10.9. The molecule has 11 rings (SSSR count). The van der Waals surface area contributed by atoms with E-state index in [-0.39, 0.29) is 0 Å². The van der Waals surface area contributed by atoms with Gasteiger partial charge in [-0.05, 0) is 91.8 Å². The first-order valence-corrected chi connectivity index (χ1v) is 23.0. The van der Waals surface area contributed by atoms with Gasteiger partial charge in [-0.3, -0.25) is 0 Å². The standard InChI is InChI=1S/C54H39N3Si/c1-58(2)49-32-12-10-28-46(49)52-53(58)51(41-23-14-19-37(34-41)36-17-5-3-6-18-36)55-54(56-52)42-24-15-21-39(35-42)38-20-13-22-40(33-38)44-29-16-31-48-50(44)45-27-9-11-30-47(45)57(48)43-25-7-4-8-26-43/h3-35H,1-2H3. The number of hydrogen-bond donors (Lipinski definition) is 0. The summed E-state index contributed by atoms with van der Waals surface area (Å²) in [7, 11) is -2.11. The minimum absolute atomic E-state index is 0.747. The summed E-state index contributed by atoms with van der Waals surface area (Å²) in [6, 6.07) is 72.2. The Labute approximate surface area is 339 Å². The van der Waals surface area contributed by atoms with Crippen molar-refractivity contribution in [2.24, 2.45) is 0 Å². The van der Waals surface area contributed by atoms with E-state index in [2.05, 4.69) is 218 Å². The number of aromatic nitrogens is 3. The number of fused-ring (bicyclic) bond motifs is 6.